The third kappa shape index (κ3) is 4.08. The first kappa shape index (κ1) is 20.1. The van der Waals surface area contributed by atoms with Crippen molar-refractivity contribution in [2.75, 3.05) is 19.3 Å². The molecule has 1 atom stereocenters. The molecule has 0 radical (unpaired) electrons. The van der Waals surface area contributed by atoms with Crippen LogP contribution < -0.4 is 10.9 Å². The molecule has 1 amide bonds. The van der Waals surface area contributed by atoms with Crippen molar-refractivity contribution in [2.45, 2.75) is 25.9 Å². The molecule has 2 aliphatic rings. The average molecular weight is 437 g/mol. The molecule has 1 spiro atoms. The Morgan fingerprint density at radius 1 is 1.34 bits per heavy atom. The van der Waals surface area contributed by atoms with Crippen LogP contribution in [0.4, 0.5) is 0 Å². The lowest BCUT2D eigenvalue weighted by molar-refractivity contribution is 0.0948. The molecule has 1 aromatic carbocycles. The number of halogens is 1. The normalized spacial score (nSPS) is 21.4. The second-order valence-corrected chi connectivity index (χ2v) is 10.3. The topological polar surface area (TPSA) is 101 Å². The predicted molar refractivity (Wildman–Crippen MR) is 108 cm³/mol. The highest BCUT2D eigenvalue weighted by Gasteiger charge is 2.46. The smallest absolute Gasteiger partial charge is 0.285 e. The fourth-order valence-electron chi connectivity index (χ4n) is 4.09. The number of amides is 1. The van der Waals surface area contributed by atoms with Gasteiger partial charge in [-0.05, 0) is 24.1 Å². The van der Waals surface area contributed by atoms with Gasteiger partial charge in [-0.1, -0.05) is 23.7 Å². The highest BCUT2D eigenvalue weighted by atomic mass is 35.5. The van der Waals surface area contributed by atoms with Crippen molar-refractivity contribution in [3.8, 4) is 0 Å². The van der Waals surface area contributed by atoms with Crippen molar-refractivity contribution in [1.82, 2.24) is 19.2 Å². The molecule has 29 heavy (non-hydrogen) atoms. The minimum atomic E-state index is -3.25. The number of carbonyl (C=O) groups is 1. The third-order valence-electron chi connectivity index (χ3n) is 5.58. The summed E-state index contributed by atoms with van der Waals surface area (Å²) < 4.78 is 27.0. The first-order chi connectivity index (χ1) is 13.7. The first-order valence-corrected chi connectivity index (χ1v) is 11.5. The Morgan fingerprint density at radius 3 is 2.83 bits per heavy atom. The van der Waals surface area contributed by atoms with Gasteiger partial charge in [0.2, 0.25) is 10.0 Å². The number of nitrogens with zero attached hydrogens (tertiary/aromatic N) is 3. The lowest BCUT2D eigenvalue weighted by Gasteiger charge is -2.21. The second-order valence-electron chi connectivity index (χ2n) is 7.84. The second kappa shape index (κ2) is 7.23. The lowest BCUT2D eigenvalue weighted by Crippen LogP contribution is -2.32. The van der Waals surface area contributed by atoms with Crippen LogP contribution in [0.5, 0.6) is 0 Å². The molecule has 2 aliphatic heterocycles. The van der Waals surface area contributed by atoms with E-state index in [1.807, 2.05) is 10.6 Å². The zero-order valence-electron chi connectivity index (χ0n) is 15.9. The van der Waals surface area contributed by atoms with Crippen LogP contribution in [0.1, 0.15) is 28.2 Å². The Morgan fingerprint density at radius 2 is 2.14 bits per heavy atom. The van der Waals surface area contributed by atoms with E-state index in [0.29, 0.717) is 43.3 Å². The predicted octanol–water partition coefficient (Wildman–Crippen LogP) is 1.03. The molecule has 3 heterocycles. The van der Waals surface area contributed by atoms with E-state index in [-0.39, 0.29) is 17.5 Å². The summed E-state index contributed by atoms with van der Waals surface area (Å²) in [4.78, 5) is 29.0. The van der Waals surface area contributed by atoms with Crippen molar-refractivity contribution in [2.24, 2.45) is 5.41 Å². The molecular weight excluding hydrogens is 416 g/mol. The zero-order valence-corrected chi connectivity index (χ0v) is 17.5. The molecule has 2 aromatic rings. The number of benzene rings is 1. The molecule has 8 nitrogen and oxygen atoms in total. The summed E-state index contributed by atoms with van der Waals surface area (Å²) in [7, 11) is -3.25. The summed E-state index contributed by atoms with van der Waals surface area (Å²) in [6.45, 7) is 1.65. The van der Waals surface area contributed by atoms with Gasteiger partial charge in [0.25, 0.3) is 11.5 Å². The van der Waals surface area contributed by atoms with E-state index in [4.69, 9.17) is 11.6 Å². The molecule has 0 unspecified atom stereocenters. The SMILES string of the molecule is CS(=O)(=O)N1CC[C@]2(Cc3nc(=O)c(C(=O)NCc4cccc(Cl)c4)cn3C2)C1. The number of hydrogen-bond acceptors (Lipinski definition) is 5. The van der Waals surface area contributed by atoms with Crippen LogP contribution >= 0.6 is 11.6 Å². The molecule has 1 N–H and O–H groups in total. The van der Waals surface area contributed by atoms with Crippen LogP contribution in [0, 0.1) is 5.41 Å². The van der Waals surface area contributed by atoms with Gasteiger partial charge in [-0.25, -0.2) is 12.7 Å². The van der Waals surface area contributed by atoms with Crippen LogP contribution in [0.25, 0.3) is 0 Å². The number of hydrogen-bond donors (Lipinski definition) is 1. The maximum Gasteiger partial charge on any atom is 0.285 e. The molecule has 1 fully saturated rings. The molecule has 10 heteroatoms. The monoisotopic (exact) mass is 436 g/mol. The van der Waals surface area contributed by atoms with E-state index in [1.54, 1.807) is 18.2 Å². The van der Waals surface area contributed by atoms with E-state index in [9.17, 15) is 18.0 Å². The van der Waals surface area contributed by atoms with Gasteiger partial charge in [-0.2, -0.15) is 4.98 Å². The highest BCUT2D eigenvalue weighted by Crippen LogP contribution is 2.40. The summed E-state index contributed by atoms with van der Waals surface area (Å²) >= 11 is 5.95. The molecule has 1 aromatic heterocycles. The van der Waals surface area contributed by atoms with Crippen LogP contribution in [0.3, 0.4) is 0 Å². The standard InChI is InChI=1S/C19H21ClN4O4S/c1-29(27,28)24-6-5-19(12-24)8-16-22-18(26)15(10-23(16)11-19)17(25)21-9-13-3-2-4-14(20)7-13/h2-4,7,10H,5-6,8-9,11-12H2,1H3,(H,21,25)/t19-/m1/s1. The third-order valence-corrected chi connectivity index (χ3v) is 7.06. The van der Waals surface area contributed by atoms with Crippen molar-refractivity contribution < 1.29 is 13.2 Å². The first-order valence-electron chi connectivity index (χ1n) is 9.23. The Labute approximate surface area is 173 Å². The van der Waals surface area contributed by atoms with Crippen molar-refractivity contribution >= 4 is 27.5 Å². The van der Waals surface area contributed by atoms with Crippen molar-refractivity contribution in [3.63, 3.8) is 0 Å². The van der Waals surface area contributed by atoms with Gasteiger partial charge in [-0.3, -0.25) is 9.59 Å². The van der Waals surface area contributed by atoms with Gasteiger partial charge < -0.3 is 9.88 Å². The Bertz CT molecular complexity index is 1150. The van der Waals surface area contributed by atoms with Gasteiger partial charge in [0.1, 0.15) is 11.4 Å². The van der Waals surface area contributed by atoms with Gasteiger partial charge in [0.05, 0.1) is 6.26 Å². The van der Waals surface area contributed by atoms with E-state index in [2.05, 4.69) is 10.3 Å². The fourth-order valence-corrected chi connectivity index (χ4v) is 5.23. The minimum absolute atomic E-state index is 0.0224. The van der Waals surface area contributed by atoms with Crippen LogP contribution in [0.15, 0.2) is 35.3 Å². The fraction of sp³-hybridized carbons (Fsp3) is 0.421. The summed E-state index contributed by atoms with van der Waals surface area (Å²) in [6.07, 6.45) is 3.97. The number of sulfonamides is 1. The summed E-state index contributed by atoms with van der Waals surface area (Å²) in [5, 5.41) is 3.29. The number of carbonyl (C=O) groups excluding carboxylic acids is 1. The molecular formula is C19H21ClN4O4S. The number of rotatable bonds is 4. The molecule has 4 rings (SSSR count). The van der Waals surface area contributed by atoms with Crippen LogP contribution in [0.2, 0.25) is 5.02 Å². The maximum atomic E-state index is 12.5. The Hall–Kier alpha value is -2.23. The van der Waals surface area contributed by atoms with E-state index >= 15 is 0 Å². The van der Waals surface area contributed by atoms with E-state index in [1.165, 1.54) is 16.8 Å². The summed E-state index contributed by atoms with van der Waals surface area (Å²) in [5.41, 5.74) is -0.0442. The zero-order chi connectivity index (χ0) is 20.8. The summed E-state index contributed by atoms with van der Waals surface area (Å²) in [5.74, 6) is 0.0969. The highest BCUT2D eigenvalue weighted by molar-refractivity contribution is 7.88. The number of nitrogens with one attached hydrogen (secondary N) is 1. The Kier molecular flexibility index (Phi) is 5.00. The lowest BCUT2D eigenvalue weighted by atomic mass is 9.86. The molecule has 154 valence electrons. The summed E-state index contributed by atoms with van der Waals surface area (Å²) in [6, 6.07) is 7.11. The van der Waals surface area contributed by atoms with Crippen LogP contribution in [-0.4, -0.2) is 47.5 Å². The van der Waals surface area contributed by atoms with Gasteiger partial charge in [0.15, 0.2) is 0 Å². The maximum absolute atomic E-state index is 12.5. The van der Waals surface area contributed by atoms with E-state index < -0.39 is 21.5 Å². The quantitative estimate of drug-likeness (QED) is 0.771. The molecule has 0 bridgehead atoms. The minimum Gasteiger partial charge on any atom is -0.348 e. The number of fused-ring (bicyclic) bond motifs is 1. The van der Waals surface area contributed by atoms with Crippen molar-refractivity contribution in [3.05, 3.63) is 62.8 Å². The van der Waals surface area contributed by atoms with E-state index in [0.717, 1.165) is 5.56 Å². The van der Waals surface area contributed by atoms with Gasteiger partial charge >= 0.3 is 0 Å². The number of aromatic nitrogens is 2. The van der Waals surface area contributed by atoms with Gasteiger partial charge in [-0.15, -0.1) is 0 Å². The molecule has 0 aliphatic carbocycles. The largest absolute Gasteiger partial charge is 0.348 e. The molecule has 0 saturated carbocycles. The molecule has 1 saturated heterocycles. The Balaban J connectivity index is 1.50. The average Bonchev–Trinajstić information content (AvgIpc) is 3.21. The van der Waals surface area contributed by atoms with Crippen molar-refractivity contribution in [1.29, 1.82) is 0 Å². The van der Waals surface area contributed by atoms with Crippen LogP contribution in [-0.2, 0) is 29.5 Å². The van der Waals surface area contributed by atoms with Gasteiger partial charge in [0, 0.05) is 49.2 Å².